The second kappa shape index (κ2) is 13.0. The summed E-state index contributed by atoms with van der Waals surface area (Å²) in [6, 6.07) is 19.3. The third-order valence-electron chi connectivity index (χ3n) is 8.35. The van der Waals surface area contributed by atoms with E-state index in [2.05, 4.69) is 16.3 Å². The molecule has 2 N–H and O–H groups in total. The van der Waals surface area contributed by atoms with E-state index < -0.39 is 17.4 Å². The Bertz CT molecular complexity index is 1800. The predicted molar refractivity (Wildman–Crippen MR) is 170 cm³/mol. The van der Waals surface area contributed by atoms with Gasteiger partial charge in [0.2, 0.25) is 11.8 Å². The minimum Gasteiger partial charge on any atom is -0.508 e. The summed E-state index contributed by atoms with van der Waals surface area (Å²) >= 11 is 6.07. The Kier molecular flexibility index (Phi) is 8.75. The molecule has 10 nitrogen and oxygen atoms in total. The van der Waals surface area contributed by atoms with Crippen molar-refractivity contribution in [2.75, 3.05) is 37.6 Å². The molecular weight excluding hydrogens is 596 g/mol. The first kappa shape index (κ1) is 30.2. The number of likely N-dealkylation sites (tertiary alicyclic amines) is 1. The maximum absolute atomic E-state index is 13.9. The molecule has 0 radical (unpaired) electrons. The summed E-state index contributed by atoms with van der Waals surface area (Å²) in [7, 11) is 0. The molecule has 45 heavy (non-hydrogen) atoms. The Morgan fingerprint density at radius 2 is 1.69 bits per heavy atom. The third-order valence-corrected chi connectivity index (χ3v) is 8.60. The number of carbonyl (C=O) groups is 3. The molecule has 11 heteroatoms. The van der Waals surface area contributed by atoms with Crippen LogP contribution in [0.5, 0.6) is 5.75 Å². The van der Waals surface area contributed by atoms with Gasteiger partial charge >= 0.3 is 0 Å². The first-order valence-corrected chi connectivity index (χ1v) is 15.3. The van der Waals surface area contributed by atoms with Crippen molar-refractivity contribution in [3.05, 3.63) is 105 Å². The average Bonchev–Trinajstić information content (AvgIpc) is 3.45. The number of piperazine rings is 1. The molecule has 0 aliphatic carbocycles. The number of halogens is 1. The first-order valence-electron chi connectivity index (χ1n) is 15.0. The summed E-state index contributed by atoms with van der Waals surface area (Å²) in [5.74, 6) is -1.09. The van der Waals surface area contributed by atoms with E-state index in [0.29, 0.717) is 44.2 Å². The van der Waals surface area contributed by atoms with Crippen LogP contribution in [0, 0.1) is 0 Å². The van der Waals surface area contributed by atoms with Gasteiger partial charge in [0, 0.05) is 68.9 Å². The fourth-order valence-electron chi connectivity index (χ4n) is 5.96. The van der Waals surface area contributed by atoms with Crippen LogP contribution in [0.1, 0.15) is 34.5 Å². The van der Waals surface area contributed by atoms with Gasteiger partial charge in [-0.2, -0.15) is 0 Å². The number of benzene rings is 3. The van der Waals surface area contributed by atoms with Gasteiger partial charge in [0.1, 0.15) is 17.4 Å². The Labute approximate surface area is 264 Å². The third kappa shape index (κ3) is 6.81. The van der Waals surface area contributed by atoms with Crippen LogP contribution in [0.25, 0.3) is 11.0 Å². The zero-order chi connectivity index (χ0) is 31.5. The molecule has 3 aromatic carbocycles. The quantitative estimate of drug-likeness (QED) is 0.303. The SMILES string of the molecule is O=C(N[C@H](Cc1ccc(Cl)cc1)C(=O)N1CCN(c2ccccc2CN2CCCC2=O)CC1)c1cc(=O)c2cc(O)ccc2o1. The molecule has 4 aromatic rings. The van der Waals surface area contributed by atoms with Gasteiger partial charge in [-0.1, -0.05) is 41.9 Å². The molecule has 2 fully saturated rings. The molecule has 3 amide bonds. The molecule has 3 heterocycles. The van der Waals surface area contributed by atoms with Crippen molar-refractivity contribution in [3.8, 4) is 5.75 Å². The molecule has 232 valence electrons. The van der Waals surface area contributed by atoms with Gasteiger partial charge in [-0.15, -0.1) is 0 Å². The highest BCUT2D eigenvalue weighted by atomic mass is 35.5. The second-order valence-corrected chi connectivity index (χ2v) is 11.8. The topological polar surface area (TPSA) is 123 Å². The molecule has 1 atom stereocenters. The predicted octanol–water partition coefficient (Wildman–Crippen LogP) is 3.96. The van der Waals surface area contributed by atoms with E-state index in [4.69, 9.17) is 16.0 Å². The number of hydrogen-bond acceptors (Lipinski definition) is 7. The summed E-state index contributed by atoms with van der Waals surface area (Å²) < 4.78 is 5.68. The number of fused-ring (bicyclic) bond motifs is 1. The van der Waals surface area contributed by atoms with E-state index in [9.17, 15) is 24.3 Å². The monoisotopic (exact) mass is 628 g/mol. The van der Waals surface area contributed by atoms with Crippen molar-refractivity contribution in [1.29, 1.82) is 0 Å². The number of phenolic OH excluding ortho intramolecular Hbond substituents is 1. The lowest BCUT2D eigenvalue weighted by molar-refractivity contribution is -0.133. The highest BCUT2D eigenvalue weighted by molar-refractivity contribution is 6.30. The molecule has 0 unspecified atom stereocenters. The van der Waals surface area contributed by atoms with Crippen molar-refractivity contribution in [1.82, 2.24) is 15.1 Å². The molecule has 6 rings (SSSR count). The van der Waals surface area contributed by atoms with Gasteiger partial charge in [-0.25, -0.2) is 0 Å². The molecule has 2 saturated heterocycles. The number of aromatic hydroxyl groups is 1. The summed E-state index contributed by atoms with van der Waals surface area (Å²) in [6.45, 7) is 3.39. The van der Waals surface area contributed by atoms with E-state index in [0.717, 1.165) is 35.8 Å². The highest BCUT2D eigenvalue weighted by Gasteiger charge is 2.31. The Morgan fingerprint density at radius 1 is 0.933 bits per heavy atom. The number of nitrogens with zero attached hydrogens (tertiary/aromatic N) is 3. The van der Waals surface area contributed by atoms with Gasteiger partial charge in [0.25, 0.3) is 5.91 Å². The number of nitrogens with one attached hydrogen (secondary N) is 1. The number of hydrogen-bond donors (Lipinski definition) is 2. The average molecular weight is 629 g/mol. The number of phenols is 1. The lowest BCUT2D eigenvalue weighted by atomic mass is 10.0. The number of amides is 3. The molecule has 1 aromatic heterocycles. The summed E-state index contributed by atoms with van der Waals surface area (Å²) in [6.07, 6.45) is 1.68. The minimum absolute atomic E-state index is 0.0918. The van der Waals surface area contributed by atoms with Gasteiger partial charge in [-0.05, 0) is 53.9 Å². The number of para-hydroxylation sites is 1. The van der Waals surface area contributed by atoms with Crippen LogP contribution < -0.4 is 15.6 Å². The minimum atomic E-state index is -0.931. The van der Waals surface area contributed by atoms with Crippen LogP contribution in [-0.2, 0) is 22.6 Å². The maximum Gasteiger partial charge on any atom is 0.287 e. The fourth-order valence-corrected chi connectivity index (χ4v) is 6.09. The first-order chi connectivity index (χ1) is 21.7. The summed E-state index contributed by atoms with van der Waals surface area (Å²) in [5.41, 5.74) is 2.60. The largest absolute Gasteiger partial charge is 0.508 e. The van der Waals surface area contributed by atoms with Crippen LogP contribution in [0.4, 0.5) is 5.69 Å². The van der Waals surface area contributed by atoms with Crippen molar-refractivity contribution in [2.45, 2.75) is 31.8 Å². The number of carbonyl (C=O) groups excluding carboxylic acids is 3. The fraction of sp³-hybridized carbons (Fsp3) is 0.294. The molecular formula is C34H33ClN4O6. The van der Waals surface area contributed by atoms with Crippen LogP contribution in [0.2, 0.25) is 5.02 Å². The van der Waals surface area contributed by atoms with Crippen LogP contribution in [0.15, 0.2) is 82.0 Å². The second-order valence-electron chi connectivity index (χ2n) is 11.4. The summed E-state index contributed by atoms with van der Waals surface area (Å²) in [5, 5.41) is 13.2. The maximum atomic E-state index is 13.9. The van der Waals surface area contributed by atoms with Crippen LogP contribution >= 0.6 is 11.6 Å². The molecule has 0 saturated carbocycles. The van der Waals surface area contributed by atoms with E-state index in [1.54, 1.807) is 29.2 Å². The van der Waals surface area contributed by atoms with Crippen molar-refractivity contribution in [3.63, 3.8) is 0 Å². The highest BCUT2D eigenvalue weighted by Crippen LogP contribution is 2.26. The van der Waals surface area contributed by atoms with E-state index in [1.165, 1.54) is 18.2 Å². The Balaban J connectivity index is 1.18. The zero-order valence-electron chi connectivity index (χ0n) is 24.6. The van der Waals surface area contributed by atoms with Gasteiger partial charge in [0.15, 0.2) is 11.2 Å². The van der Waals surface area contributed by atoms with Gasteiger partial charge in [0.05, 0.1) is 5.39 Å². The molecule has 2 aliphatic rings. The Morgan fingerprint density at radius 3 is 2.42 bits per heavy atom. The lowest BCUT2D eigenvalue weighted by Crippen LogP contribution is -2.55. The molecule has 0 spiro atoms. The van der Waals surface area contributed by atoms with E-state index in [1.807, 2.05) is 23.1 Å². The van der Waals surface area contributed by atoms with E-state index in [-0.39, 0.29) is 40.7 Å². The molecule has 2 aliphatic heterocycles. The Hall–Kier alpha value is -4.83. The van der Waals surface area contributed by atoms with Gasteiger partial charge < -0.3 is 29.5 Å². The lowest BCUT2D eigenvalue weighted by Gasteiger charge is -2.38. The zero-order valence-corrected chi connectivity index (χ0v) is 25.3. The number of anilines is 1. The van der Waals surface area contributed by atoms with E-state index >= 15 is 0 Å². The smallest absolute Gasteiger partial charge is 0.287 e. The normalized spacial score (nSPS) is 15.8. The van der Waals surface area contributed by atoms with Crippen molar-refractivity contribution >= 4 is 46.0 Å². The number of rotatable bonds is 8. The van der Waals surface area contributed by atoms with Crippen LogP contribution in [0.3, 0.4) is 0 Å². The molecule has 0 bridgehead atoms. The van der Waals surface area contributed by atoms with Crippen LogP contribution in [-0.4, -0.2) is 71.4 Å². The summed E-state index contributed by atoms with van der Waals surface area (Å²) in [4.78, 5) is 58.1. The van der Waals surface area contributed by atoms with Crippen molar-refractivity contribution < 1.29 is 23.9 Å². The van der Waals surface area contributed by atoms with Gasteiger partial charge in [-0.3, -0.25) is 19.2 Å². The van der Waals surface area contributed by atoms with Crippen molar-refractivity contribution in [2.24, 2.45) is 0 Å². The standard InChI is InChI=1S/C34H33ClN4O6/c35-24-9-7-22(8-10-24)18-27(36-33(43)31-20-29(41)26-19-25(40)11-12-30(26)45-31)34(44)38-16-14-37(15-17-38)28-5-2-1-4-23(28)21-39-13-3-6-32(39)42/h1-2,4-5,7-12,19-20,27,40H,3,6,13-18,21H2,(H,36,43)/t27-/m1/s1.